The molecule has 6 heteroatoms. The third kappa shape index (κ3) is 3.85. The fraction of sp³-hybridized carbons (Fsp3) is 0.286. The van der Waals surface area contributed by atoms with E-state index in [-0.39, 0.29) is 5.91 Å². The third-order valence-electron chi connectivity index (χ3n) is 4.50. The first kappa shape index (κ1) is 19.0. The zero-order chi connectivity index (χ0) is 19.6. The highest BCUT2D eigenvalue weighted by Crippen LogP contribution is 2.22. The van der Waals surface area contributed by atoms with E-state index in [9.17, 15) is 9.59 Å². The molecule has 2 aromatic carbocycles. The molecule has 0 aliphatic heterocycles. The van der Waals surface area contributed by atoms with Crippen molar-refractivity contribution in [2.24, 2.45) is 4.99 Å². The van der Waals surface area contributed by atoms with Crippen LogP contribution in [0.15, 0.2) is 41.4 Å². The van der Waals surface area contributed by atoms with Gasteiger partial charge >= 0.3 is 5.97 Å². The van der Waals surface area contributed by atoms with Gasteiger partial charge in [0, 0.05) is 12.1 Å². The molecule has 0 saturated heterocycles. The van der Waals surface area contributed by atoms with Gasteiger partial charge in [-0.25, -0.2) is 4.79 Å². The molecule has 0 radical (unpaired) electrons. The molecule has 1 aromatic heterocycles. The van der Waals surface area contributed by atoms with E-state index in [4.69, 9.17) is 0 Å². The number of esters is 1. The number of fused-ring (bicyclic) bond motifs is 1. The molecule has 3 rings (SSSR count). The molecule has 0 fully saturated rings. The predicted molar refractivity (Wildman–Crippen MR) is 107 cm³/mol. The Kier molecular flexibility index (Phi) is 5.56. The Bertz CT molecular complexity index is 1080. The lowest BCUT2D eigenvalue weighted by molar-refractivity contribution is 0.0600. The molecule has 0 atom stereocenters. The van der Waals surface area contributed by atoms with Crippen LogP contribution >= 0.6 is 11.3 Å². The maximum absolute atomic E-state index is 12.6. The quantitative estimate of drug-likeness (QED) is 0.634. The van der Waals surface area contributed by atoms with Crippen molar-refractivity contribution >= 4 is 33.4 Å². The number of benzene rings is 2. The van der Waals surface area contributed by atoms with Gasteiger partial charge in [-0.2, -0.15) is 4.99 Å². The Balaban J connectivity index is 2.05. The molecule has 3 aromatic rings. The van der Waals surface area contributed by atoms with Crippen molar-refractivity contribution in [3.05, 3.63) is 63.5 Å². The lowest BCUT2D eigenvalue weighted by Gasteiger charge is -2.05. The third-order valence-corrected chi connectivity index (χ3v) is 5.54. The van der Waals surface area contributed by atoms with Crippen molar-refractivity contribution < 1.29 is 14.3 Å². The minimum atomic E-state index is -0.429. The molecule has 0 unspecified atom stereocenters. The van der Waals surface area contributed by atoms with Gasteiger partial charge in [0.25, 0.3) is 5.91 Å². The zero-order valence-corrected chi connectivity index (χ0v) is 16.7. The van der Waals surface area contributed by atoms with E-state index in [1.807, 2.05) is 0 Å². The van der Waals surface area contributed by atoms with E-state index in [1.54, 1.807) is 24.3 Å². The molecule has 1 amide bonds. The summed E-state index contributed by atoms with van der Waals surface area (Å²) in [5, 5.41) is 0. The standard InChI is InChI=1S/C21H22N2O3S/c1-5-10-23-17-11-13(2)14(3)12-18(17)27-21(23)22-19(24)15-6-8-16(9-7-15)20(25)26-4/h6-9,11-12H,5,10H2,1-4H3. The van der Waals surface area contributed by atoms with Gasteiger partial charge in [-0.3, -0.25) is 4.79 Å². The number of aryl methyl sites for hydroxylation is 3. The summed E-state index contributed by atoms with van der Waals surface area (Å²) in [6.45, 7) is 7.08. The van der Waals surface area contributed by atoms with E-state index in [0.29, 0.717) is 15.9 Å². The molecule has 27 heavy (non-hydrogen) atoms. The maximum atomic E-state index is 12.6. The van der Waals surface area contributed by atoms with Gasteiger partial charge in [-0.1, -0.05) is 18.3 Å². The predicted octanol–water partition coefficient (Wildman–Crippen LogP) is 4.26. The van der Waals surface area contributed by atoms with Crippen LogP contribution in [0, 0.1) is 13.8 Å². The first-order valence-corrected chi connectivity index (χ1v) is 9.64. The molecule has 5 nitrogen and oxygen atoms in total. The smallest absolute Gasteiger partial charge is 0.337 e. The fourth-order valence-electron chi connectivity index (χ4n) is 2.86. The number of hydrogen-bond acceptors (Lipinski definition) is 4. The van der Waals surface area contributed by atoms with Crippen molar-refractivity contribution in [2.75, 3.05) is 7.11 Å². The second kappa shape index (κ2) is 7.88. The van der Waals surface area contributed by atoms with Crippen molar-refractivity contribution in [2.45, 2.75) is 33.7 Å². The molecule has 0 spiro atoms. The maximum Gasteiger partial charge on any atom is 0.337 e. The lowest BCUT2D eigenvalue weighted by Crippen LogP contribution is -2.17. The molecule has 0 saturated carbocycles. The van der Waals surface area contributed by atoms with Crippen LogP contribution in [0.1, 0.15) is 45.2 Å². The second-order valence-electron chi connectivity index (χ2n) is 6.43. The molecule has 0 N–H and O–H groups in total. The van der Waals surface area contributed by atoms with Crippen LogP contribution in [0.2, 0.25) is 0 Å². The summed E-state index contributed by atoms with van der Waals surface area (Å²) in [7, 11) is 1.33. The fourth-order valence-corrected chi connectivity index (χ4v) is 4.00. The molecule has 0 aliphatic rings. The first-order valence-electron chi connectivity index (χ1n) is 8.82. The Morgan fingerprint density at radius 2 is 1.70 bits per heavy atom. The Hall–Kier alpha value is -2.73. The summed E-state index contributed by atoms with van der Waals surface area (Å²) in [6, 6.07) is 10.7. The first-order chi connectivity index (χ1) is 12.9. The monoisotopic (exact) mass is 382 g/mol. The molecule has 1 heterocycles. The van der Waals surface area contributed by atoms with Crippen molar-refractivity contribution in [1.29, 1.82) is 0 Å². The molecule has 140 valence electrons. The van der Waals surface area contributed by atoms with Crippen molar-refractivity contribution in [1.82, 2.24) is 4.57 Å². The van der Waals surface area contributed by atoms with Crippen molar-refractivity contribution in [3.63, 3.8) is 0 Å². The van der Waals surface area contributed by atoms with E-state index in [0.717, 1.165) is 23.2 Å². The summed E-state index contributed by atoms with van der Waals surface area (Å²) < 4.78 is 7.91. The van der Waals surface area contributed by atoms with Crippen LogP contribution in [0.4, 0.5) is 0 Å². The van der Waals surface area contributed by atoms with Gasteiger partial charge in [0.05, 0.1) is 22.9 Å². The summed E-state index contributed by atoms with van der Waals surface area (Å²) in [4.78, 5) is 29.2. The van der Waals surface area contributed by atoms with Gasteiger partial charge in [0.1, 0.15) is 0 Å². The van der Waals surface area contributed by atoms with Crippen LogP contribution in [0.3, 0.4) is 0 Å². The van der Waals surface area contributed by atoms with Crippen LogP contribution in [-0.2, 0) is 11.3 Å². The minimum Gasteiger partial charge on any atom is -0.465 e. The summed E-state index contributed by atoms with van der Waals surface area (Å²) in [5.41, 5.74) is 4.40. The largest absolute Gasteiger partial charge is 0.465 e. The highest BCUT2D eigenvalue weighted by molar-refractivity contribution is 7.16. The van der Waals surface area contributed by atoms with Gasteiger partial charge in [0.2, 0.25) is 0 Å². The van der Waals surface area contributed by atoms with E-state index < -0.39 is 5.97 Å². The van der Waals surface area contributed by atoms with E-state index >= 15 is 0 Å². The number of ether oxygens (including phenoxy) is 1. The van der Waals surface area contributed by atoms with Gasteiger partial charge in [-0.05, 0) is 67.8 Å². The van der Waals surface area contributed by atoms with Crippen LogP contribution < -0.4 is 4.80 Å². The second-order valence-corrected chi connectivity index (χ2v) is 7.44. The number of nitrogens with zero attached hydrogens (tertiary/aromatic N) is 2. The average molecular weight is 382 g/mol. The number of rotatable bonds is 4. The lowest BCUT2D eigenvalue weighted by atomic mass is 10.1. The Labute approximate surface area is 161 Å². The van der Waals surface area contributed by atoms with Gasteiger partial charge in [0.15, 0.2) is 4.80 Å². The topological polar surface area (TPSA) is 60.7 Å². The molecule has 0 bridgehead atoms. The minimum absolute atomic E-state index is 0.323. The number of amides is 1. The summed E-state index contributed by atoms with van der Waals surface area (Å²) in [5.74, 6) is -0.752. The number of methoxy groups -OCH3 is 1. The van der Waals surface area contributed by atoms with Crippen LogP contribution in [0.5, 0.6) is 0 Å². The Morgan fingerprint density at radius 3 is 2.33 bits per heavy atom. The van der Waals surface area contributed by atoms with Crippen LogP contribution in [-0.4, -0.2) is 23.6 Å². The molecule has 0 aliphatic carbocycles. The number of thiazole rings is 1. The zero-order valence-electron chi connectivity index (χ0n) is 15.9. The average Bonchev–Trinajstić information content (AvgIpc) is 2.98. The van der Waals surface area contributed by atoms with Gasteiger partial charge < -0.3 is 9.30 Å². The summed E-state index contributed by atoms with van der Waals surface area (Å²) >= 11 is 1.52. The van der Waals surface area contributed by atoms with E-state index in [1.165, 1.54) is 29.6 Å². The summed E-state index contributed by atoms with van der Waals surface area (Å²) in [6.07, 6.45) is 0.952. The molecular weight excluding hydrogens is 360 g/mol. The SMILES string of the molecule is CCCn1c(=NC(=O)c2ccc(C(=O)OC)cc2)sc2cc(C)c(C)cc21. The highest BCUT2D eigenvalue weighted by Gasteiger charge is 2.11. The Morgan fingerprint density at radius 1 is 1.07 bits per heavy atom. The number of aromatic nitrogens is 1. The normalized spacial score (nSPS) is 11.8. The van der Waals surface area contributed by atoms with Gasteiger partial charge in [-0.15, -0.1) is 0 Å². The van der Waals surface area contributed by atoms with Crippen LogP contribution in [0.25, 0.3) is 10.2 Å². The highest BCUT2D eigenvalue weighted by atomic mass is 32.1. The number of hydrogen-bond donors (Lipinski definition) is 0. The molecular formula is C21H22N2O3S. The van der Waals surface area contributed by atoms with E-state index in [2.05, 4.69) is 47.2 Å². The van der Waals surface area contributed by atoms with Crippen molar-refractivity contribution in [3.8, 4) is 0 Å². The number of carbonyl (C=O) groups is 2. The number of carbonyl (C=O) groups excluding carboxylic acids is 2.